The number of carbonyl (C=O) groups is 1. The SMILES string of the molecule is C=C(C(=O)OC)C(O)c1csc(C)n1. The molecule has 0 bridgehead atoms. The van der Waals surface area contributed by atoms with Crippen LogP contribution in [-0.4, -0.2) is 23.2 Å². The molecule has 0 aliphatic rings. The van der Waals surface area contributed by atoms with Gasteiger partial charge in [-0.25, -0.2) is 9.78 Å². The minimum Gasteiger partial charge on any atom is -0.466 e. The summed E-state index contributed by atoms with van der Waals surface area (Å²) in [5.41, 5.74) is 0.431. The van der Waals surface area contributed by atoms with E-state index in [1.165, 1.54) is 18.4 Å². The highest BCUT2D eigenvalue weighted by Crippen LogP contribution is 2.22. The van der Waals surface area contributed by atoms with Gasteiger partial charge in [-0.05, 0) is 6.92 Å². The maximum Gasteiger partial charge on any atom is 0.336 e. The van der Waals surface area contributed by atoms with Crippen LogP contribution < -0.4 is 0 Å². The summed E-state index contributed by atoms with van der Waals surface area (Å²) < 4.78 is 4.44. The monoisotopic (exact) mass is 213 g/mol. The highest BCUT2D eigenvalue weighted by atomic mass is 32.1. The third kappa shape index (κ3) is 2.18. The van der Waals surface area contributed by atoms with Gasteiger partial charge in [-0.2, -0.15) is 0 Å². The van der Waals surface area contributed by atoms with Gasteiger partial charge in [0.15, 0.2) is 0 Å². The molecule has 4 nitrogen and oxygen atoms in total. The molecule has 1 heterocycles. The van der Waals surface area contributed by atoms with E-state index in [1.807, 2.05) is 6.92 Å². The Bertz CT molecular complexity index is 359. The lowest BCUT2D eigenvalue weighted by atomic mass is 10.1. The molecule has 0 aromatic carbocycles. The molecular weight excluding hydrogens is 202 g/mol. The highest BCUT2D eigenvalue weighted by molar-refractivity contribution is 7.09. The molecule has 1 rings (SSSR count). The van der Waals surface area contributed by atoms with Gasteiger partial charge in [0.05, 0.1) is 23.4 Å². The van der Waals surface area contributed by atoms with E-state index in [0.29, 0.717) is 5.69 Å². The van der Waals surface area contributed by atoms with E-state index in [9.17, 15) is 9.90 Å². The third-order valence-electron chi connectivity index (χ3n) is 1.69. The van der Waals surface area contributed by atoms with Crippen LogP contribution in [0.5, 0.6) is 0 Å². The van der Waals surface area contributed by atoms with Crippen molar-refractivity contribution in [1.29, 1.82) is 0 Å². The maximum absolute atomic E-state index is 11.0. The zero-order valence-corrected chi connectivity index (χ0v) is 8.80. The molecule has 1 atom stereocenters. The fourth-order valence-electron chi connectivity index (χ4n) is 0.927. The van der Waals surface area contributed by atoms with E-state index >= 15 is 0 Å². The maximum atomic E-state index is 11.0. The number of nitrogens with zero attached hydrogens (tertiary/aromatic N) is 1. The van der Waals surface area contributed by atoms with Crippen LogP contribution in [0.4, 0.5) is 0 Å². The second-order valence-electron chi connectivity index (χ2n) is 2.71. The molecule has 0 spiro atoms. The smallest absolute Gasteiger partial charge is 0.336 e. The number of methoxy groups -OCH3 is 1. The first kappa shape index (κ1) is 10.9. The quantitative estimate of drug-likeness (QED) is 0.605. The lowest BCUT2D eigenvalue weighted by molar-refractivity contribution is -0.137. The molecule has 76 valence electrons. The molecule has 1 N–H and O–H groups in total. The zero-order valence-electron chi connectivity index (χ0n) is 7.98. The molecule has 0 amide bonds. The van der Waals surface area contributed by atoms with Crippen LogP contribution >= 0.6 is 11.3 Å². The topological polar surface area (TPSA) is 59.4 Å². The summed E-state index contributed by atoms with van der Waals surface area (Å²) in [5, 5.41) is 12.2. The lowest BCUT2D eigenvalue weighted by Crippen LogP contribution is -2.12. The summed E-state index contributed by atoms with van der Waals surface area (Å²) in [6.07, 6.45) is -1.08. The van der Waals surface area contributed by atoms with Gasteiger partial charge in [0.1, 0.15) is 6.10 Å². The van der Waals surface area contributed by atoms with E-state index < -0.39 is 12.1 Å². The molecule has 1 aromatic heterocycles. The third-order valence-corrected chi connectivity index (χ3v) is 2.49. The summed E-state index contributed by atoms with van der Waals surface area (Å²) in [5.74, 6) is -0.622. The van der Waals surface area contributed by atoms with E-state index in [-0.39, 0.29) is 5.57 Å². The number of hydrogen-bond acceptors (Lipinski definition) is 5. The summed E-state index contributed by atoms with van der Waals surface area (Å²) in [6.45, 7) is 5.27. The van der Waals surface area contributed by atoms with Gasteiger partial charge in [0.2, 0.25) is 0 Å². The van der Waals surface area contributed by atoms with Gasteiger partial charge in [-0.15, -0.1) is 11.3 Å². The van der Waals surface area contributed by atoms with Crippen molar-refractivity contribution < 1.29 is 14.6 Å². The first-order chi connectivity index (χ1) is 6.56. The predicted octanol–water partition coefficient (Wildman–Crippen LogP) is 1.21. The Morgan fingerprint density at radius 1 is 1.79 bits per heavy atom. The number of aromatic nitrogens is 1. The van der Waals surface area contributed by atoms with Gasteiger partial charge >= 0.3 is 5.97 Å². The minimum absolute atomic E-state index is 0.00204. The fraction of sp³-hybridized carbons (Fsp3) is 0.333. The second-order valence-corrected chi connectivity index (χ2v) is 3.77. The number of esters is 1. The van der Waals surface area contributed by atoms with E-state index in [2.05, 4.69) is 16.3 Å². The molecule has 0 aliphatic heterocycles. The number of aliphatic hydroxyl groups excluding tert-OH is 1. The van der Waals surface area contributed by atoms with Gasteiger partial charge in [-0.3, -0.25) is 0 Å². The Labute approximate surface area is 85.9 Å². The molecule has 5 heteroatoms. The average molecular weight is 213 g/mol. The number of hydrogen-bond donors (Lipinski definition) is 1. The minimum atomic E-state index is -1.08. The van der Waals surface area contributed by atoms with Crippen molar-refractivity contribution in [3.05, 3.63) is 28.2 Å². The molecule has 14 heavy (non-hydrogen) atoms. The van der Waals surface area contributed by atoms with Crippen molar-refractivity contribution in [2.45, 2.75) is 13.0 Å². The van der Waals surface area contributed by atoms with Crippen molar-refractivity contribution in [3.63, 3.8) is 0 Å². The van der Waals surface area contributed by atoms with Crippen LogP contribution in [0.15, 0.2) is 17.5 Å². The van der Waals surface area contributed by atoms with Crippen LogP contribution in [0, 0.1) is 6.92 Å². The molecule has 0 radical (unpaired) electrons. The molecule has 0 fully saturated rings. The van der Waals surface area contributed by atoms with E-state index in [1.54, 1.807) is 5.38 Å². The van der Waals surface area contributed by atoms with Gasteiger partial charge < -0.3 is 9.84 Å². The van der Waals surface area contributed by atoms with Crippen molar-refractivity contribution in [3.8, 4) is 0 Å². The largest absolute Gasteiger partial charge is 0.466 e. The van der Waals surface area contributed by atoms with Gasteiger partial charge in [0.25, 0.3) is 0 Å². The average Bonchev–Trinajstić information content (AvgIpc) is 2.61. The molecule has 0 saturated heterocycles. The standard InChI is InChI=1S/C9H11NO3S/c1-5(9(12)13-3)8(11)7-4-14-6(2)10-7/h4,8,11H,1H2,2-3H3. The Morgan fingerprint density at radius 2 is 2.43 bits per heavy atom. The fourth-order valence-corrected chi connectivity index (χ4v) is 1.56. The number of carbonyl (C=O) groups excluding carboxylic acids is 1. The molecule has 0 aliphatic carbocycles. The number of aryl methyl sites for hydroxylation is 1. The van der Waals surface area contributed by atoms with Crippen LogP contribution in [0.2, 0.25) is 0 Å². The van der Waals surface area contributed by atoms with Crippen molar-refractivity contribution in [2.24, 2.45) is 0 Å². The zero-order chi connectivity index (χ0) is 10.7. The number of rotatable bonds is 3. The van der Waals surface area contributed by atoms with Crippen LogP contribution in [-0.2, 0) is 9.53 Å². The molecule has 0 saturated carbocycles. The molecular formula is C9H11NO3S. The Kier molecular flexibility index (Phi) is 3.38. The van der Waals surface area contributed by atoms with Crippen LogP contribution in [0.1, 0.15) is 16.8 Å². The van der Waals surface area contributed by atoms with Crippen molar-refractivity contribution in [1.82, 2.24) is 4.98 Å². The number of thiazole rings is 1. The van der Waals surface area contributed by atoms with Gasteiger partial charge in [0, 0.05) is 5.38 Å². The Hall–Kier alpha value is -1.20. The Balaban J connectivity index is 2.80. The summed E-state index contributed by atoms with van der Waals surface area (Å²) in [7, 11) is 1.24. The summed E-state index contributed by atoms with van der Waals surface area (Å²) in [6, 6.07) is 0. The first-order valence-electron chi connectivity index (χ1n) is 3.93. The lowest BCUT2D eigenvalue weighted by Gasteiger charge is -2.08. The van der Waals surface area contributed by atoms with Gasteiger partial charge in [-0.1, -0.05) is 6.58 Å². The van der Waals surface area contributed by atoms with E-state index in [4.69, 9.17) is 0 Å². The summed E-state index contributed by atoms with van der Waals surface area (Å²) in [4.78, 5) is 15.1. The van der Waals surface area contributed by atoms with Crippen molar-refractivity contribution in [2.75, 3.05) is 7.11 Å². The molecule has 1 aromatic rings. The van der Waals surface area contributed by atoms with Crippen LogP contribution in [0.25, 0.3) is 0 Å². The number of ether oxygens (including phenoxy) is 1. The highest BCUT2D eigenvalue weighted by Gasteiger charge is 2.20. The molecule has 1 unspecified atom stereocenters. The van der Waals surface area contributed by atoms with Crippen LogP contribution in [0.3, 0.4) is 0 Å². The Morgan fingerprint density at radius 3 is 2.86 bits per heavy atom. The normalized spacial score (nSPS) is 12.2. The number of aliphatic hydroxyl groups is 1. The van der Waals surface area contributed by atoms with E-state index in [0.717, 1.165) is 5.01 Å². The first-order valence-corrected chi connectivity index (χ1v) is 4.81. The summed E-state index contributed by atoms with van der Waals surface area (Å²) >= 11 is 1.41. The second kappa shape index (κ2) is 4.34. The van der Waals surface area contributed by atoms with Crippen molar-refractivity contribution >= 4 is 17.3 Å². The predicted molar refractivity (Wildman–Crippen MR) is 53.0 cm³/mol.